The lowest BCUT2D eigenvalue weighted by Crippen LogP contribution is -2.43. The number of aromatic nitrogens is 2. The molecule has 0 atom stereocenters. The first-order chi connectivity index (χ1) is 12.5. The number of nitrogens with one attached hydrogen (secondary N) is 1. The maximum atomic E-state index is 12.1. The van der Waals surface area contributed by atoms with E-state index in [9.17, 15) is 9.59 Å². The van der Waals surface area contributed by atoms with Gasteiger partial charge in [-0.15, -0.1) is 0 Å². The van der Waals surface area contributed by atoms with Gasteiger partial charge in [-0.05, 0) is 11.6 Å². The van der Waals surface area contributed by atoms with Crippen LogP contribution in [0.2, 0.25) is 0 Å². The van der Waals surface area contributed by atoms with Gasteiger partial charge >= 0.3 is 12.1 Å². The number of rotatable bonds is 4. The van der Waals surface area contributed by atoms with Crippen molar-refractivity contribution >= 4 is 12.1 Å². The largest absolute Gasteiger partial charge is 0.445 e. The molecule has 2 aromatic rings. The summed E-state index contributed by atoms with van der Waals surface area (Å²) < 4.78 is 7.06. The molecule has 3 amide bonds. The van der Waals surface area contributed by atoms with Crippen molar-refractivity contribution in [1.82, 2.24) is 24.9 Å². The van der Waals surface area contributed by atoms with Crippen LogP contribution in [0.25, 0.3) is 0 Å². The van der Waals surface area contributed by atoms with E-state index in [1.807, 2.05) is 41.1 Å². The Bertz CT molecular complexity index is 772. The first-order valence-corrected chi connectivity index (χ1v) is 8.49. The lowest BCUT2D eigenvalue weighted by molar-refractivity contribution is 0.139. The van der Waals surface area contributed by atoms with Gasteiger partial charge in [-0.25, -0.2) is 9.59 Å². The van der Waals surface area contributed by atoms with Gasteiger partial charge in [0.05, 0.1) is 31.0 Å². The van der Waals surface area contributed by atoms with Gasteiger partial charge in [0, 0.05) is 20.6 Å². The Morgan fingerprint density at radius 1 is 1.23 bits per heavy atom. The number of carbonyl (C=O) groups is 2. The molecular weight excluding hydrogens is 334 g/mol. The van der Waals surface area contributed by atoms with E-state index < -0.39 is 6.09 Å². The summed E-state index contributed by atoms with van der Waals surface area (Å²) in [6.45, 7) is 2.30. The summed E-state index contributed by atoms with van der Waals surface area (Å²) in [7, 11) is 3.48. The van der Waals surface area contributed by atoms with Gasteiger partial charge in [0.1, 0.15) is 6.61 Å². The minimum atomic E-state index is -0.482. The maximum absolute atomic E-state index is 12.1. The molecule has 138 valence electrons. The smallest absolute Gasteiger partial charge is 0.407 e. The van der Waals surface area contributed by atoms with Gasteiger partial charge in [0.25, 0.3) is 0 Å². The molecule has 0 spiro atoms. The number of nitrogens with zero attached hydrogens (tertiary/aromatic N) is 4. The van der Waals surface area contributed by atoms with Gasteiger partial charge in [-0.2, -0.15) is 5.10 Å². The van der Waals surface area contributed by atoms with E-state index >= 15 is 0 Å². The van der Waals surface area contributed by atoms with Gasteiger partial charge in [-0.3, -0.25) is 4.68 Å². The normalized spacial score (nSPS) is 13.1. The molecule has 1 aliphatic heterocycles. The number of carbonyl (C=O) groups excluding carboxylic acids is 2. The second kappa shape index (κ2) is 7.90. The van der Waals surface area contributed by atoms with Crippen molar-refractivity contribution in [1.29, 1.82) is 0 Å². The van der Waals surface area contributed by atoms with E-state index in [-0.39, 0.29) is 19.2 Å². The van der Waals surface area contributed by atoms with Crippen LogP contribution in [0, 0.1) is 0 Å². The van der Waals surface area contributed by atoms with Crippen molar-refractivity contribution in [3.8, 4) is 0 Å². The predicted octanol–water partition coefficient (Wildman–Crippen LogP) is 1.81. The summed E-state index contributed by atoms with van der Waals surface area (Å²) >= 11 is 0. The highest BCUT2D eigenvalue weighted by Gasteiger charge is 2.23. The standard InChI is InChI=1S/C18H23N5O3/c1-21(2)18(25)22-8-9-23-16(12-22)10-15(20-23)11-19-17(24)26-13-14-6-4-3-5-7-14/h3-7,10H,8-9,11-13H2,1-2H3,(H,19,24). The van der Waals surface area contributed by atoms with Crippen molar-refractivity contribution in [2.75, 3.05) is 20.6 Å². The molecular formula is C18H23N5O3. The maximum Gasteiger partial charge on any atom is 0.407 e. The molecule has 1 aromatic carbocycles. The van der Waals surface area contributed by atoms with E-state index in [4.69, 9.17) is 4.74 Å². The highest BCUT2D eigenvalue weighted by Crippen LogP contribution is 2.14. The molecule has 8 nitrogen and oxygen atoms in total. The van der Waals surface area contributed by atoms with Gasteiger partial charge in [-0.1, -0.05) is 30.3 Å². The molecule has 0 saturated heterocycles. The van der Waals surface area contributed by atoms with Crippen LogP contribution in [0.15, 0.2) is 36.4 Å². The van der Waals surface area contributed by atoms with Crippen molar-refractivity contribution in [3.05, 3.63) is 53.3 Å². The fraction of sp³-hybridized carbons (Fsp3) is 0.389. The van der Waals surface area contributed by atoms with Crippen LogP contribution in [0.5, 0.6) is 0 Å². The number of alkyl carbamates (subject to hydrolysis) is 1. The Morgan fingerprint density at radius 3 is 2.73 bits per heavy atom. The fourth-order valence-electron chi connectivity index (χ4n) is 2.80. The lowest BCUT2D eigenvalue weighted by Gasteiger charge is -2.29. The zero-order valence-corrected chi connectivity index (χ0v) is 15.0. The molecule has 1 N–H and O–H groups in total. The first kappa shape index (κ1) is 17.8. The van der Waals surface area contributed by atoms with Gasteiger partial charge < -0.3 is 19.9 Å². The zero-order chi connectivity index (χ0) is 18.5. The third-order valence-corrected chi connectivity index (χ3v) is 4.13. The summed E-state index contributed by atoms with van der Waals surface area (Å²) in [5.74, 6) is 0. The number of hydrogen-bond acceptors (Lipinski definition) is 4. The zero-order valence-electron chi connectivity index (χ0n) is 15.0. The Hall–Kier alpha value is -3.03. The number of urea groups is 1. The fourth-order valence-corrected chi connectivity index (χ4v) is 2.80. The quantitative estimate of drug-likeness (QED) is 0.905. The highest BCUT2D eigenvalue weighted by atomic mass is 16.5. The minimum Gasteiger partial charge on any atom is -0.445 e. The lowest BCUT2D eigenvalue weighted by atomic mass is 10.2. The molecule has 0 aliphatic carbocycles. The molecule has 1 aliphatic rings. The Kier molecular flexibility index (Phi) is 5.40. The van der Waals surface area contributed by atoms with E-state index in [0.29, 0.717) is 19.6 Å². The molecule has 0 radical (unpaired) electrons. The van der Waals surface area contributed by atoms with Gasteiger partial charge in [0.2, 0.25) is 0 Å². The molecule has 3 rings (SSSR count). The Balaban J connectivity index is 1.49. The van der Waals surface area contributed by atoms with Crippen LogP contribution in [0.1, 0.15) is 17.0 Å². The van der Waals surface area contributed by atoms with Gasteiger partial charge in [0.15, 0.2) is 0 Å². The Morgan fingerprint density at radius 2 is 2.00 bits per heavy atom. The summed E-state index contributed by atoms with van der Waals surface area (Å²) in [5, 5.41) is 7.18. The van der Waals surface area contributed by atoms with Crippen molar-refractivity contribution in [2.45, 2.75) is 26.2 Å². The topological polar surface area (TPSA) is 79.7 Å². The molecule has 26 heavy (non-hydrogen) atoms. The highest BCUT2D eigenvalue weighted by molar-refractivity contribution is 5.73. The molecule has 8 heteroatoms. The van der Waals surface area contributed by atoms with Crippen molar-refractivity contribution in [3.63, 3.8) is 0 Å². The first-order valence-electron chi connectivity index (χ1n) is 8.49. The molecule has 0 bridgehead atoms. The van der Waals surface area contributed by atoms with E-state index in [2.05, 4.69) is 10.4 Å². The third-order valence-electron chi connectivity index (χ3n) is 4.13. The third kappa shape index (κ3) is 4.33. The van der Waals surface area contributed by atoms with Crippen LogP contribution in [-0.2, 0) is 31.0 Å². The average Bonchev–Trinajstić information content (AvgIpc) is 3.07. The monoisotopic (exact) mass is 357 g/mol. The van der Waals surface area contributed by atoms with Crippen molar-refractivity contribution in [2.24, 2.45) is 0 Å². The number of benzene rings is 1. The summed E-state index contributed by atoms with van der Waals surface area (Å²) in [5.41, 5.74) is 2.64. The van der Waals surface area contributed by atoms with E-state index in [1.165, 1.54) is 0 Å². The second-order valence-corrected chi connectivity index (χ2v) is 6.36. The van der Waals surface area contributed by atoms with Crippen LogP contribution in [-0.4, -0.2) is 52.3 Å². The van der Waals surface area contributed by atoms with E-state index in [0.717, 1.165) is 17.0 Å². The summed E-state index contributed by atoms with van der Waals surface area (Å²) in [6, 6.07) is 11.4. The number of hydrogen-bond donors (Lipinski definition) is 1. The van der Waals surface area contributed by atoms with Crippen LogP contribution >= 0.6 is 0 Å². The second-order valence-electron chi connectivity index (χ2n) is 6.36. The average molecular weight is 357 g/mol. The number of amides is 3. The molecule has 0 fully saturated rings. The molecule has 0 saturated carbocycles. The SMILES string of the molecule is CN(C)C(=O)N1CCn2nc(CNC(=O)OCc3ccccc3)cc2C1. The Labute approximate surface area is 152 Å². The predicted molar refractivity (Wildman–Crippen MR) is 95.2 cm³/mol. The number of fused-ring (bicyclic) bond motifs is 1. The number of ether oxygens (including phenoxy) is 1. The summed E-state index contributed by atoms with van der Waals surface area (Å²) in [6.07, 6.45) is -0.482. The van der Waals surface area contributed by atoms with Crippen LogP contribution in [0.3, 0.4) is 0 Å². The van der Waals surface area contributed by atoms with Crippen molar-refractivity contribution < 1.29 is 14.3 Å². The van der Waals surface area contributed by atoms with E-state index in [1.54, 1.807) is 23.9 Å². The van der Waals surface area contributed by atoms with Crippen LogP contribution in [0.4, 0.5) is 9.59 Å². The molecule has 1 aromatic heterocycles. The van der Waals surface area contributed by atoms with Crippen LogP contribution < -0.4 is 5.32 Å². The summed E-state index contributed by atoms with van der Waals surface area (Å²) in [4.78, 5) is 27.2. The molecule has 0 unspecified atom stereocenters. The molecule has 2 heterocycles. The minimum absolute atomic E-state index is 0.0124.